The summed E-state index contributed by atoms with van der Waals surface area (Å²) in [7, 11) is 0. The number of halogens is 4. The quantitative estimate of drug-likeness (QED) is 0.693. The highest BCUT2D eigenvalue weighted by atomic mass is 35.5. The van der Waals surface area contributed by atoms with Crippen molar-refractivity contribution in [2.24, 2.45) is 0 Å². The maximum absolute atomic E-state index is 12.6. The van der Waals surface area contributed by atoms with Gasteiger partial charge in [0, 0.05) is 17.1 Å². The van der Waals surface area contributed by atoms with Crippen LogP contribution in [0.5, 0.6) is 0 Å². The van der Waals surface area contributed by atoms with E-state index in [1.165, 1.54) is 24.4 Å². The van der Waals surface area contributed by atoms with Crippen molar-refractivity contribution in [3.8, 4) is 0 Å². The molecule has 0 saturated carbocycles. The first-order valence-corrected chi connectivity index (χ1v) is 4.21. The number of alkyl halides is 3. The standard InChI is InChI=1S/C9H5ClF3N/c10-6-1-2-7-5(3-4-14-7)8(6)9(11,12)13/h1-4,14H. The van der Waals surface area contributed by atoms with E-state index in [9.17, 15) is 13.2 Å². The minimum absolute atomic E-state index is 0.102. The lowest BCUT2D eigenvalue weighted by Crippen LogP contribution is -2.06. The molecule has 0 unspecified atom stereocenters. The zero-order chi connectivity index (χ0) is 10.3. The van der Waals surface area contributed by atoms with Crippen molar-refractivity contribution in [2.75, 3.05) is 0 Å². The van der Waals surface area contributed by atoms with Crippen molar-refractivity contribution < 1.29 is 13.2 Å². The summed E-state index contributed by atoms with van der Waals surface area (Å²) in [6.07, 6.45) is -2.96. The highest BCUT2D eigenvalue weighted by Crippen LogP contribution is 2.39. The van der Waals surface area contributed by atoms with Gasteiger partial charge in [0.2, 0.25) is 0 Å². The molecule has 0 spiro atoms. The number of nitrogens with one attached hydrogen (secondary N) is 1. The van der Waals surface area contributed by atoms with Crippen LogP contribution >= 0.6 is 11.6 Å². The number of rotatable bonds is 0. The SMILES string of the molecule is FC(F)(F)c1c(Cl)ccc2[nH]ccc12. The van der Waals surface area contributed by atoms with E-state index in [-0.39, 0.29) is 10.4 Å². The van der Waals surface area contributed by atoms with Gasteiger partial charge in [0.25, 0.3) is 0 Å². The van der Waals surface area contributed by atoms with Gasteiger partial charge < -0.3 is 4.98 Å². The van der Waals surface area contributed by atoms with Crippen LogP contribution in [-0.4, -0.2) is 4.98 Å². The Morgan fingerprint density at radius 1 is 1.14 bits per heavy atom. The molecule has 0 atom stereocenters. The van der Waals surface area contributed by atoms with Gasteiger partial charge in [-0.3, -0.25) is 0 Å². The molecular weight excluding hydrogens is 215 g/mol. The Kier molecular flexibility index (Phi) is 1.96. The number of aromatic nitrogens is 1. The van der Waals surface area contributed by atoms with E-state index in [0.29, 0.717) is 5.52 Å². The van der Waals surface area contributed by atoms with Crippen LogP contribution in [0.4, 0.5) is 13.2 Å². The molecule has 14 heavy (non-hydrogen) atoms. The Balaban J connectivity index is 2.83. The fourth-order valence-electron chi connectivity index (χ4n) is 1.39. The van der Waals surface area contributed by atoms with Gasteiger partial charge in [0.05, 0.1) is 10.6 Å². The van der Waals surface area contributed by atoms with Crippen LogP contribution in [0, 0.1) is 0 Å². The number of aromatic amines is 1. The molecule has 1 N–H and O–H groups in total. The van der Waals surface area contributed by atoms with Gasteiger partial charge in [-0.15, -0.1) is 0 Å². The fraction of sp³-hybridized carbons (Fsp3) is 0.111. The number of hydrogen-bond acceptors (Lipinski definition) is 0. The van der Waals surface area contributed by atoms with Crippen molar-refractivity contribution in [1.82, 2.24) is 4.98 Å². The second kappa shape index (κ2) is 2.92. The summed E-state index contributed by atoms with van der Waals surface area (Å²) in [5.41, 5.74) is -0.348. The van der Waals surface area contributed by atoms with Crippen LogP contribution < -0.4 is 0 Å². The molecule has 0 aliphatic rings. The van der Waals surface area contributed by atoms with Crippen molar-refractivity contribution in [3.05, 3.63) is 35.0 Å². The Hall–Kier alpha value is -1.16. The molecule has 0 fully saturated rings. The van der Waals surface area contributed by atoms with E-state index in [1.54, 1.807) is 0 Å². The Morgan fingerprint density at radius 2 is 1.86 bits per heavy atom. The van der Waals surface area contributed by atoms with Crippen molar-refractivity contribution >= 4 is 22.5 Å². The summed E-state index contributed by atoms with van der Waals surface area (Å²) in [5, 5.41) is -0.172. The van der Waals surface area contributed by atoms with Gasteiger partial charge >= 0.3 is 6.18 Å². The maximum atomic E-state index is 12.6. The van der Waals surface area contributed by atoms with Gasteiger partial charge in [0.1, 0.15) is 0 Å². The molecule has 2 rings (SSSR count). The summed E-state index contributed by atoms with van der Waals surface area (Å²) in [6, 6.07) is 4.13. The molecule has 5 heteroatoms. The van der Waals surface area contributed by atoms with E-state index < -0.39 is 11.7 Å². The Bertz CT molecular complexity index is 472. The van der Waals surface area contributed by atoms with Crippen LogP contribution in [0.1, 0.15) is 5.56 Å². The van der Waals surface area contributed by atoms with Crippen molar-refractivity contribution in [1.29, 1.82) is 0 Å². The lowest BCUT2D eigenvalue weighted by molar-refractivity contribution is -0.136. The average molecular weight is 220 g/mol. The summed E-state index contributed by atoms with van der Waals surface area (Å²) in [5.74, 6) is 0. The van der Waals surface area contributed by atoms with E-state index in [2.05, 4.69) is 4.98 Å². The van der Waals surface area contributed by atoms with E-state index in [4.69, 9.17) is 11.6 Å². The lowest BCUT2D eigenvalue weighted by Gasteiger charge is -2.09. The van der Waals surface area contributed by atoms with Crippen LogP contribution in [0.15, 0.2) is 24.4 Å². The number of H-pyrrole nitrogens is 1. The average Bonchev–Trinajstić information content (AvgIpc) is 2.48. The zero-order valence-electron chi connectivity index (χ0n) is 6.82. The Morgan fingerprint density at radius 3 is 2.50 bits per heavy atom. The highest BCUT2D eigenvalue weighted by Gasteiger charge is 2.35. The predicted octanol–water partition coefficient (Wildman–Crippen LogP) is 3.84. The molecule has 0 aliphatic carbocycles. The molecule has 2 aromatic rings. The number of benzene rings is 1. The monoisotopic (exact) mass is 219 g/mol. The lowest BCUT2D eigenvalue weighted by atomic mass is 10.1. The smallest absolute Gasteiger partial charge is 0.361 e. The number of hydrogen-bond donors (Lipinski definition) is 1. The number of fused-ring (bicyclic) bond motifs is 1. The van der Waals surface area contributed by atoms with E-state index >= 15 is 0 Å². The van der Waals surface area contributed by atoms with Crippen molar-refractivity contribution in [3.63, 3.8) is 0 Å². The molecule has 1 aromatic heterocycles. The largest absolute Gasteiger partial charge is 0.418 e. The van der Waals surface area contributed by atoms with Gasteiger partial charge in [-0.2, -0.15) is 13.2 Å². The molecule has 1 nitrogen and oxygen atoms in total. The molecule has 0 bridgehead atoms. The minimum Gasteiger partial charge on any atom is -0.361 e. The molecule has 0 aliphatic heterocycles. The van der Waals surface area contributed by atoms with Gasteiger partial charge in [0.15, 0.2) is 0 Å². The first-order valence-electron chi connectivity index (χ1n) is 3.83. The molecule has 0 saturated heterocycles. The normalized spacial score (nSPS) is 12.3. The van der Waals surface area contributed by atoms with Gasteiger partial charge in [-0.05, 0) is 18.2 Å². The fourth-order valence-corrected chi connectivity index (χ4v) is 1.67. The van der Waals surface area contributed by atoms with Gasteiger partial charge in [-0.1, -0.05) is 11.6 Å². The third-order valence-corrected chi connectivity index (χ3v) is 2.28. The second-order valence-corrected chi connectivity index (χ2v) is 3.27. The molecule has 0 amide bonds. The van der Waals surface area contributed by atoms with Crippen molar-refractivity contribution in [2.45, 2.75) is 6.18 Å². The van der Waals surface area contributed by atoms with Gasteiger partial charge in [-0.25, -0.2) is 0 Å². The molecule has 1 aromatic carbocycles. The third-order valence-electron chi connectivity index (χ3n) is 1.97. The molecule has 0 radical (unpaired) electrons. The first kappa shape index (κ1) is 9.40. The summed E-state index contributed by atoms with van der Waals surface area (Å²) in [6.45, 7) is 0. The second-order valence-electron chi connectivity index (χ2n) is 2.86. The van der Waals surface area contributed by atoms with Crippen LogP contribution in [-0.2, 0) is 6.18 Å². The highest BCUT2D eigenvalue weighted by molar-refractivity contribution is 6.32. The first-order chi connectivity index (χ1) is 6.50. The molecule has 1 heterocycles. The topological polar surface area (TPSA) is 15.8 Å². The van der Waals surface area contributed by atoms with Crippen LogP contribution in [0.25, 0.3) is 10.9 Å². The zero-order valence-corrected chi connectivity index (χ0v) is 7.58. The summed E-state index contributed by atoms with van der Waals surface area (Å²) in [4.78, 5) is 2.70. The van der Waals surface area contributed by atoms with Crippen LogP contribution in [0.3, 0.4) is 0 Å². The molecular formula is C9H5ClF3N. The van der Waals surface area contributed by atoms with E-state index in [1.807, 2.05) is 0 Å². The summed E-state index contributed by atoms with van der Waals surface area (Å²) < 4.78 is 37.7. The Labute approximate surface area is 82.5 Å². The maximum Gasteiger partial charge on any atom is 0.418 e. The minimum atomic E-state index is -4.42. The predicted molar refractivity (Wildman–Crippen MR) is 48.3 cm³/mol. The van der Waals surface area contributed by atoms with E-state index in [0.717, 1.165) is 0 Å². The van der Waals surface area contributed by atoms with Crippen LogP contribution in [0.2, 0.25) is 5.02 Å². The molecule has 74 valence electrons. The summed E-state index contributed by atoms with van der Waals surface area (Å²) >= 11 is 5.51. The third kappa shape index (κ3) is 1.35.